The van der Waals surface area contributed by atoms with E-state index in [1.165, 1.54) is 0 Å². The quantitative estimate of drug-likeness (QED) is 0.527. The van der Waals surface area contributed by atoms with Crippen LogP contribution in [0.3, 0.4) is 0 Å². The number of allylic oxidation sites excluding steroid dienone is 1. The first kappa shape index (κ1) is 7.83. The third-order valence-electron chi connectivity index (χ3n) is 0.615. The summed E-state index contributed by atoms with van der Waals surface area (Å²) in [5.74, 6) is 0. The summed E-state index contributed by atoms with van der Waals surface area (Å²) in [7, 11) is 0. The van der Waals surface area contributed by atoms with Crippen LogP contribution in [-0.2, 0) is 0 Å². The fourth-order valence-corrected chi connectivity index (χ4v) is 1.05. The molecule has 0 aliphatic rings. The van der Waals surface area contributed by atoms with Crippen LogP contribution in [0.15, 0.2) is 24.1 Å². The van der Waals surface area contributed by atoms with Gasteiger partial charge in [0.1, 0.15) is 0 Å². The molecule has 0 heterocycles. The molecule has 0 aromatic heterocycles. The lowest BCUT2D eigenvalue weighted by Crippen LogP contribution is -1.83. The predicted octanol–water partition coefficient (Wildman–Crippen LogP) is 2.83. The van der Waals surface area contributed by atoms with Gasteiger partial charge in [-0.2, -0.15) is 0 Å². The highest BCUT2D eigenvalue weighted by Gasteiger charge is 1.92. The average Bonchev–Trinajstić information content (AvgIpc) is 1.65. The van der Waals surface area contributed by atoms with Crippen LogP contribution in [0, 0.1) is 0 Å². The lowest BCUT2D eigenvalue weighted by Gasteiger charge is -2.00. The molecular weight excluding hydrogens is 116 g/mol. The van der Waals surface area contributed by atoms with Crippen molar-refractivity contribution in [3.05, 3.63) is 24.1 Å². The van der Waals surface area contributed by atoms with Crippen molar-refractivity contribution in [1.82, 2.24) is 0 Å². The van der Waals surface area contributed by atoms with Gasteiger partial charge in [-0.05, 0) is 4.91 Å². The van der Waals surface area contributed by atoms with Gasteiger partial charge in [0.25, 0.3) is 0 Å². The Hall–Kier alpha value is -0.170. The number of hydrogen-bond acceptors (Lipinski definition) is 1. The first-order valence-corrected chi connectivity index (χ1v) is 3.52. The minimum Gasteiger partial charge on any atom is -0.124 e. The van der Waals surface area contributed by atoms with E-state index in [1.54, 1.807) is 17.8 Å². The van der Waals surface area contributed by atoms with E-state index in [4.69, 9.17) is 0 Å². The highest BCUT2D eigenvalue weighted by Crippen LogP contribution is 2.18. The molecule has 0 bridgehead atoms. The van der Waals surface area contributed by atoms with E-state index >= 15 is 0 Å². The summed E-state index contributed by atoms with van der Waals surface area (Å²) in [6, 6.07) is 0. The standard InChI is InChI=1S/C7H12S/c1-5-7(4)8-6(2)3/h5-6H,1,4H2,2-3H3. The van der Waals surface area contributed by atoms with E-state index < -0.39 is 0 Å². The van der Waals surface area contributed by atoms with Crippen molar-refractivity contribution in [3.8, 4) is 0 Å². The van der Waals surface area contributed by atoms with Crippen LogP contribution >= 0.6 is 11.8 Å². The van der Waals surface area contributed by atoms with Crippen molar-refractivity contribution < 1.29 is 0 Å². The van der Waals surface area contributed by atoms with E-state index in [0.717, 1.165) is 4.91 Å². The largest absolute Gasteiger partial charge is 0.124 e. The highest BCUT2D eigenvalue weighted by molar-refractivity contribution is 8.03. The van der Waals surface area contributed by atoms with Crippen LogP contribution in [0.2, 0.25) is 0 Å². The van der Waals surface area contributed by atoms with Gasteiger partial charge in [0.15, 0.2) is 0 Å². The van der Waals surface area contributed by atoms with Gasteiger partial charge in [-0.1, -0.05) is 33.1 Å². The molecule has 0 amide bonds. The Balaban J connectivity index is 3.39. The van der Waals surface area contributed by atoms with E-state index in [-0.39, 0.29) is 0 Å². The minimum atomic E-state index is 0.625. The van der Waals surface area contributed by atoms with E-state index in [1.807, 2.05) is 0 Å². The summed E-state index contributed by atoms with van der Waals surface area (Å²) in [6.45, 7) is 11.6. The zero-order chi connectivity index (χ0) is 6.57. The van der Waals surface area contributed by atoms with Crippen LogP contribution in [0.1, 0.15) is 13.8 Å². The fraction of sp³-hybridized carbons (Fsp3) is 0.429. The maximum absolute atomic E-state index is 3.76. The summed E-state index contributed by atoms with van der Waals surface area (Å²) in [4.78, 5) is 1.06. The third-order valence-corrected chi connectivity index (χ3v) is 1.56. The van der Waals surface area contributed by atoms with Crippen LogP contribution in [0.5, 0.6) is 0 Å². The summed E-state index contributed by atoms with van der Waals surface area (Å²) in [5.41, 5.74) is 0. The van der Waals surface area contributed by atoms with Crippen LogP contribution < -0.4 is 0 Å². The normalized spacial score (nSPS) is 9.38. The Morgan fingerprint density at radius 1 is 1.62 bits per heavy atom. The first-order chi connectivity index (χ1) is 3.66. The first-order valence-electron chi connectivity index (χ1n) is 2.65. The second-order valence-corrected chi connectivity index (χ2v) is 3.54. The van der Waals surface area contributed by atoms with Crippen molar-refractivity contribution in [2.24, 2.45) is 0 Å². The molecular formula is C7H12S. The minimum absolute atomic E-state index is 0.625. The maximum atomic E-state index is 3.76. The molecule has 0 aromatic rings. The molecule has 1 heteroatoms. The molecule has 0 nitrogen and oxygen atoms in total. The topological polar surface area (TPSA) is 0 Å². The molecule has 0 aliphatic heterocycles. The summed E-state index contributed by atoms with van der Waals surface area (Å²) >= 11 is 1.74. The van der Waals surface area contributed by atoms with Gasteiger partial charge in [-0.15, -0.1) is 11.8 Å². The fourth-order valence-electron chi connectivity index (χ4n) is 0.351. The zero-order valence-electron chi connectivity index (χ0n) is 5.48. The van der Waals surface area contributed by atoms with Crippen molar-refractivity contribution in [3.63, 3.8) is 0 Å². The van der Waals surface area contributed by atoms with E-state index in [9.17, 15) is 0 Å². The monoisotopic (exact) mass is 128 g/mol. The van der Waals surface area contributed by atoms with Crippen LogP contribution in [0.25, 0.3) is 0 Å². The molecule has 0 saturated heterocycles. The zero-order valence-corrected chi connectivity index (χ0v) is 6.29. The molecule has 0 atom stereocenters. The van der Waals surface area contributed by atoms with Crippen LogP contribution in [-0.4, -0.2) is 5.25 Å². The highest BCUT2D eigenvalue weighted by atomic mass is 32.2. The Morgan fingerprint density at radius 2 is 2.12 bits per heavy atom. The van der Waals surface area contributed by atoms with Crippen molar-refractivity contribution >= 4 is 11.8 Å². The van der Waals surface area contributed by atoms with Crippen molar-refractivity contribution in [1.29, 1.82) is 0 Å². The SMILES string of the molecule is C=CC(=C)SC(C)C. The lowest BCUT2D eigenvalue weighted by molar-refractivity contribution is 1.12. The summed E-state index contributed by atoms with van der Waals surface area (Å²) < 4.78 is 0. The molecule has 0 rings (SSSR count). The average molecular weight is 128 g/mol. The van der Waals surface area contributed by atoms with E-state index in [0.29, 0.717) is 5.25 Å². The molecule has 0 N–H and O–H groups in total. The lowest BCUT2D eigenvalue weighted by atomic mass is 10.6. The van der Waals surface area contributed by atoms with Gasteiger partial charge in [-0.3, -0.25) is 0 Å². The molecule has 0 saturated carbocycles. The van der Waals surface area contributed by atoms with Crippen molar-refractivity contribution in [2.75, 3.05) is 0 Å². The van der Waals surface area contributed by atoms with Gasteiger partial charge in [0, 0.05) is 5.25 Å². The Kier molecular flexibility index (Phi) is 3.71. The molecule has 0 aromatic carbocycles. The van der Waals surface area contributed by atoms with Crippen LogP contribution in [0.4, 0.5) is 0 Å². The maximum Gasteiger partial charge on any atom is 0.00375 e. The molecule has 8 heavy (non-hydrogen) atoms. The second-order valence-electron chi connectivity index (χ2n) is 1.84. The molecule has 0 fully saturated rings. The summed E-state index contributed by atoms with van der Waals surface area (Å²) in [6.07, 6.45) is 1.78. The van der Waals surface area contributed by atoms with Gasteiger partial charge in [-0.25, -0.2) is 0 Å². The second kappa shape index (κ2) is 3.79. The van der Waals surface area contributed by atoms with E-state index in [2.05, 4.69) is 27.0 Å². The van der Waals surface area contributed by atoms with Gasteiger partial charge < -0.3 is 0 Å². The van der Waals surface area contributed by atoms with Gasteiger partial charge in [0.2, 0.25) is 0 Å². The number of rotatable bonds is 3. The van der Waals surface area contributed by atoms with Gasteiger partial charge >= 0.3 is 0 Å². The predicted molar refractivity (Wildman–Crippen MR) is 42.1 cm³/mol. The Bertz CT molecular complexity index is 92.6. The third kappa shape index (κ3) is 4.00. The summed E-state index contributed by atoms with van der Waals surface area (Å²) in [5, 5.41) is 0.625. The van der Waals surface area contributed by atoms with Gasteiger partial charge in [0.05, 0.1) is 0 Å². The molecule has 0 radical (unpaired) electrons. The molecule has 0 unspecified atom stereocenters. The molecule has 0 aliphatic carbocycles. The van der Waals surface area contributed by atoms with Crippen molar-refractivity contribution in [2.45, 2.75) is 19.1 Å². The Morgan fingerprint density at radius 3 is 2.25 bits per heavy atom. The number of thioether (sulfide) groups is 1. The molecule has 46 valence electrons. The number of hydrogen-bond donors (Lipinski definition) is 0. The molecule has 0 spiro atoms. The smallest absolute Gasteiger partial charge is 0.00375 e. The Labute approximate surface area is 55.7 Å².